The standard InChI is InChI=1S/C21H31N/c1-3-4-10-15-20(2)22-19-14-8-6-5-7-11-16-21-17-12-9-13-18-21/h3-4,9-10,12-13,15,17-18H,5-8,11,14,16,19H2,1-2H3/b4-3-,15-10-,22-20+. The Morgan fingerprint density at radius 1 is 0.909 bits per heavy atom. The zero-order chi connectivity index (χ0) is 15.9. The number of hydrogen-bond acceptors (Lipinski definition) is 1. The molecule has 0 N–H and O–H groups in total. The van der Waals surface area contributed by atoms with Crippen LogP contribution in [0.15, 0.2) is 59.6 Å². The Kier molecular flexibility index (Phi) is 10.9. The second-order valence-corrected chi connectivity index (χ2v) is 5.76. The summed E-state index contributed by atoms with van der Waals surface area (Å²) < 4.78 is 0. The van der Waals surface area contributed by atoms with E-state index in [2.05, 4.69) is 48.3 Å². The topological polar surface area (TPSA) is 12.4 Å². The molecule has 1 rings (SSSR count). The lowest BCUT2D eigenvalue weighted by Gasteiger charge is -2.02. The Labute approximate surface area is 136 Å². The summed E-state index contributed by atoms with van der Waals surface area (Å²) in [6, 6.07) is 10.8. The van der Waals surface area contributed by atoms with Gasteiger partial charge in [-0.25, -0.2) is 0 Å². The average Bonchev–Trinajstić information content (AvgIpc) is 2.54. The molecule has 1 heteroatoms. The molecule has 0 aliphatic heterocycles. The third-order valence-electron chi connectivity index (χ3n) is 3.72. The van der Waals surface area contributed by atoms with Crippen LogP contribution in [0.3, 0.4) is 0 Å². The van der Waals surface area contributed by atoms with Gasteiger partial charge in [0, 0.05) is 12.3 Å². The van der Waals surface area contributed by atoms with Gasteiger partial charge in [0.2, 0.25) is 0 Å². The molecule has 1 nitrogen and oxygen atoms in total. The first-order valence-electron chi connectivity index (χ1n) is 8.67. The van der Waals surface area contributed by atoms with Crippen LogP contribution in [0, 0.1) is 0 Å². The van der Waals surface area contributed by atoms with Crippen LogP contribution in [0.1, 0.15) is 57.9 Å². The van der Waals surface area contributed by atoms with Crippen LogP contribution in [-0.4, -0.2) is 12.3 Å². The highest BCUT2D eigenvalue weighted by Crippen LogP contribution is 2.09. The summed E-state index contributed by atoms with van der Waals surface area (Å²) in [6.07, 6.45) is 17.3. The fourth-order valence-corrected chi connectivity index (χ4v) is 2.41. The minimum Gasteiger partial charge on any atom is -0.290 e. The van der Waals surface area contributed by atoms with Gasteiger partial charge in [0.05, 0.1) is 0 Å². The van der Waals surface area contributed by atoms with Crippen molar-refractivity contribution in [2.75, 3.05) is 6.54 Å². The van der Waals surface area contributed by atoms with Gasteiger partial charge in [-0.3, -0.25) is 4.99 Å². The molecule has 0 heterocycles. The minimum atomic E-state index is 0.968. The quantitative estimate of drug-likeness (QED) is 0.263. The molecular formula is C21H31N. The molecule has 0 saturated carbocycles. The van der Waals surface area contributed by atoms with E-state index >= 15 is 0 Å². The predicted octanol–water partition coefficient (Wildman–Crippen LogP) is 6.16. The highest BCUT2D eigenvalue weighted by Gasteiger charge is 1.94. The van der Waals surface area contributed by atoms with Gasteiger partial charge in [-0.05, 0) is 44.7 Å². The summed E-state index contributed by atoms with van der Waals surface area (Å²) in [5.41, 5.74) is 2.60. The molecule has 0 fully saturated rings. The smallest absolute Gasteiger partial charge is 0.0392 e. The largest absolute Gasteiger partial charge is 0.290 e. The van der Waals surface area contributed by atoms with Crippen LogP contribution in [-0.2, 0) is 6.42 Å². The molecule has 0 radical (unpaired) electrons. The molecule has 120 valence electrons. The van der Waals surface area contributed by atoms with Crippen molar-refractivity contribution in [2.24, 2.45) is 4.99 Å². The Balaban J connectivity index is 1.94. The molecule has 22 heavy (non-hydrogen) atoms. The number of unbranched alkanes of at least 4 members (excludes halogenated alkanes) is 5. The predicted molar refractivity (Wildman–Crippen MR) is 99.8 cm³/mol. The van der Waals surface area contributed by atoms with Crippen molar-refractivity contribution in [1.82, 2.24) is 0 Å². The molecule has 0 spiro atoms. The Hall–Kier alpha value is -1.63. The summed E-state index contributed by atoms with van der Waals surface area (Å²) in [5.74, 6) is 0. The lowest BCUT2D eigenvalue weighted by Crippen LogP contribution is -1.90. The van der Waals surface area contributed by atoms with Crippen molar-refractivity contribution >= 4 is 5.71 Å². The van der Waals surface area contributed by atoms with E-state index in [9.17, 15) is 0 Å². The van der Waals surface area contributed by atoms with Gasteiger partial charge in [-0.1, -0.05) is 74.2 Å². The highest BCUT2D eigenvalue weighted by molar-refractivity contribution is 5.92. The SMILES string of the molecule is C\C=C/C=C\C(C)=N\CCCCCCCCc1ccccc1. The van der Waals surface area contributed by atoms with Gasteiger partial charge < -0.3 is 0 Å². The van der Waals surface area contributed by atoms with E-state index in [0.29, 0.717) is 0 Å². The summed E-state index contributed by atoms with van der Waals surface area (Å²) in [7, 11) is 0. The monoisotopic (exact) mass is 297 g/mol. The van der Waals surface area contributed by atoms with Crippen molar-refractivity contribution in [1.29, 1.82) is 0 Å². The van der Waals surface area contributed by atoms with Crippen molar-refractivity contribution in [3.63, 3.8) is 0 Å². The van der Waals surface area contributed by atoms with Crippen molar-refractivity contribution in [3.05, 3.63) is 60.2 Å². The zero-order valence-corrected chi connectivity index (χ0v) is 14.3. The number of nitrogens with zero attached hydrogens (tertiary/aromatic N) is 1. The van der Waals surface area contributed by atoms with E-state index in [4.69, 9.17) is 0 Å². The van der Waals surface area contributed by atoms with Crippen LogP contribution in [0.2, 0.25) is 0 Å². The van der Waals surface area contributed by atoms with Crippen molar-refractivity contribution in [2.45, 2.75) is 58.8 Å². The lowest BCUT2D eigenvalue weighted by atomic mass is 10.1. The maximum atomic E-state index is 4.57. The van der Waals surface area contributed by atoms with Gasteiger partial charge in [0.15, 0.2) is 0 Å². The maximum absolute atomic E-state index is 4.57. The minimum absolute atomic E-state index is 0.968. The molecule has 0 bridgehead atoms. The number of aliphatic imine (C=N–C) groups is 1. The molecule has 1 aromatic rings. The zero-order valence-electron chi connectivity index (χ0n) is 14.3. The van der Waals surface area contributed by atoms with Crippen LogP contribution in [0.4, 0.5) is 0 Å². The lowest BCUT2D eigenvalue weighted by molar-refractivity contribution is 0.598. The van der Waals surface area contributed by atoms with Crippen LogP contribution in [0.5, 0.6) is 0 Å². The van der Waals surface area contributed by atoms with Crippen molar-refractivity contribution < 1.29 is 0 Å². The summed E-state index contributed by atoms with van der Waals surface area (Å²) in [4.78, 5) is 4.57. The molecule has 0 amide bonds. The van der Waals surface area contributed by atoms with Crippen LogP contribution >= 0.6 is 0 Å². The number of benzene rings is 1. The summed E-state index contributed by atoms with van der Waals surface area (Å²) in [6.45, 7) is 5.07. The number of allylic oxidation sites excluding steroid dienone is 4. The fourth-order valence-electron chi connectivity index (χ4n) is 2.41. The average molecular weight is 297 g/mol. The van der Waals surface area contributed by atoms with Gasteiger partial charge in [-0.2, -0.15) is 0 Å². The number of rotatable bonds is 11. The van der Waals surface area contributed by atoms with E-state index < -0.39 is 0 Å². The first kappa shape index (κ1) is 18.4. The van der Waals surface area contributed by atoms with Crippen LogP contribution in [0.25, 0.3) is 0 Å². The first-order valence-corrected chi connectivity index (χ1v) is 8.67. The highest BCUT2D eigenvalue weighted by atomic mass is 14.7. The second-order valence-electron chi connectivity index (χ2n) is 5.76. The third-order valence-corrected chi connectivity index (χ3v) is 3.72. The van der Waals surface area contributed by atoms with Gasteiger partial charge >= 0.3 is 0 Å². The molecule has 0 aliphatic carbocycles. The maximum Gasteiger partial charge on any atom is 0.0392 e. The Morgan fingerprint density at radius 3 is 2.32 bits per heavy atom. The molecule has 0 unspecified atom stereocenters. The van der Waals surface area contributed by atoms with Gasteiger partial charge in [0.1, 0.15) is 0 Å². The molecule has 0 aromatic heterocycles. The summed E-state index contributed by atoms with van der Waals surface area (Å²) in [5, 5.41) is 0. The molecule has 0 atom stereocenters. The second kappa shape index (κ2) is 13.1. The van der Waals surface area contributed by atoms with Crippen LogP contribution < -0.4 is 0 Å². The van der Waals surface area contributed by atoms with Gasteiger partial charge in [-0.15, -0.1) is 0 Å². The van der Waals surface area contributed by atoms with E-state index in [1.165, 1.54) is 50.5 Å². The fraction of sp³-hybridized carbons (Fsp3) is 0.476. The van der Waals surface area contributed by atoms with Crippen molar-refractivity contribution in [3.8, 4) is 0 Å². The van der Waals surface area contributed by atoms with E-state index in [1.807, 2.05) is 25.2 Å². The Bertz CT molecular complexity index is 454. The molecular weight excluding hydrogens is 266 g/mol. The summed E-state index contributed by atoms with van der Waals surface area (Å²) >= 11 is 0. The van der Waals surface area contributed by atoms with Gasteiger partial charge in [0.25, 0.3) is 0 Å². The molecule has 1 aromatic carbocycles. The number of hydrogen-bond donors (Lipinski definition) is 0. The molecule has 0 saturated heterocycles. The normalized spacial score (nSPS) is 12.5. The third kappa shape index (κ3) is 10.1. The number of aryl methyl sites for hydroxylation is 1. The molecule has 0 aliphatic rings. The Morgan fingerprint density at radius 2 is 1.59 bits per heavy atom. The first-order chi connectivity index (χ1) is 10.8. The van der Waals surface area contributed by atoms with E-state index in [-0.39, 0.29) is 0 Å². The van der Waals surface area contributed by atoms with E-state index in [0.717, 1.165) is 12.3 Å². The van der Waals surface area contributed by atoms with E-state index in [1.54, 1.807) is 0 Å².